The summed E-state index contributed by atoms with van der Waals surface area (Å²) in [5.41, 5.74) is 8.73. The van der Waals surface area contributed by atoms with Crippen molar-refractivity contribution in [3.05, 3.63) is 65.2 Å². The number of nitrogen functional groups attached to an aromatic ring is 1. The summed E-state index contributed by atoms with van der Waals surface area (Å²) in [5.74, 6) is -0.0178. The lowest BCUT2D eigenvalue weighted by Crippen LogP contribution is -2.50. The van der Waals surface area contributed by atoms with Crippen LogP contribution >= 0.6 is 12.4 Å². The third-order valence-electron chi connectivity index (χ3n) is 4.29. The molecule has 1 heterocycles. The molecule has 0 bridgehead atoms. The number of anilines is 1. The van der Waals surface area contributed by atoms with Gasteiger partial charge in [-0.3, -0.25) is 9.59 Å². The van der Waals surface area contributed by atoms with Crippen LogP contribution in [0, 0.1) is 6.92 Å². The number of carbonyl (C=O) groups excluding carboxylic acids is 2. The van der Waals surface area contributed by atoms with Gasteiger partial charge in [-0.1, -0.05) is 23.8 Å². The number of carbonyl (C=O) groups is 2. The minimum atomic E-state index is -0.0373. The zero-order chi connectivity index (χ0) is 17.1. The lowest BCUT2D eigenvalue weighted by Gasteiger charge is -2.35. The van der Waals surface area contributed by atoms with E-state index in [1.165, 1.54) is 0 Å². The van der Waals surface area contributed by atoms with Crippen LogP contribution < -0.4 is 5.73 Å². The van der Waals surface area contributed by atoms with Crippen LogP contribution in [0.5, 0.6) is 0 Å². The first-order valence-electron chi connectivity index (χ1n) is 8.05. The summed E-state index contributed by atoms with van der Waals surface area (Å²) in [5, 5.41) is 0. The highest BCUT2D eigenvalue weighted by molar-refractivity contribution is 5.96. The molecule has 0 unspecified atom stereocenters. The van der Waals surface area contributed by atoms with E-state index in [1.54, 1.807) is 34.1 Å². The molecule has 1 fully saturated rings. The van der Waals surface area contributed by atoms with Crippen LogP contribution in [-0.4, -0.2) is 47.8 Å². The van der Waals surface area contributed by atoms with Crippen molar-refractivity contribution >= 4 is 29.9 Å². The summed E-state index contributed by atoms with van der Waals surface area (Å²) in [7, 11) is 0. The van der Waals surface area contributed by atoms with Crippen molar-refractivity contribution in [1.29, 1.82) is 0 Å². The maximum absolute atomic E-state index is 12.5. The summed E-state index contributed by atoms with van der Waals surface area (Å²) in [6.45, 7) is 4.15. The Labute approximate surface area is 153 Å². The molecular weight excluding hydrogens is 338 g/mol. The van der Waals surface area contributed by atoms with E-state index in [1.807, 2.05) is 31.2 Å². The molecule has 1 aliphatic heterocycles. The van der Waals surface area contributed by atoms with Gasteiger partial charge in [-0.05, 0) is 37.3 Å². The van der Waals surface area contributed by atoms with Crippen molar-refractivity contribution in [2.45, 2.75) is 6.92 Å². The molecule has 1 aliphatic rings. The molecular formula is C19H22ClN3O2. The SMILES string of the molecule is Cc1ccc(C(=O)N2CCN(C(=O)c3cccc(N)c3)CC2)cc1.Cl. The fourth-order valence-electron chi connectivity index (χ4n) is 2.85. The average molecular weight is 360 g/mol. The maximum Gasteiger partial charge on any atom is 0.254 e. The standard InChI is InChI=1S/C19H21N3O2.ClH/c1-14-5-7-15(8-6-14)18(23)21-9-11-22(12-10-21)19(24)16-3-2-4-17(20)13-16;/h2-8,13H,9-12,20H2,1H3;1H. The van der Waals surface area contributed by atoms with Gasteiger partial charge in [-0.15, -0.1) is 12.4 Å². The Kier molecular flexibility index (Phi) is 6.04. The van der Waals surface area contributed by atoms with Gasteiger partial charge in [0.05, 0.1) is 0 Å². The smallest absolute Gasteiger partial charge is 0.254 e. The van der Waals surface area contributed by atoms with Crippen molar-refractivity contribution in [2.75, 3.05) is 31.9 Å². The number of hydrogen-bond acceptors (Lipinski definition) is 3. The molecule has 5 nitrogen and oxygen atoms in total. The minimum Gasteiger partial charge on any atom is -0.399 e. The zero-order valence-corrected chi connectivity index (χ0v) is 15.0. The Hall–Kier alpha value is -2.53. The molecule has 6 heteroatoms. The zero-order valence-electron chi connectivity index (χ0n) is 14.1. The largest absolute Gasteiger partial charge is 0.399 e. The molecule has 0 saturated carbocycles. The number of rotatable bonds is 2. The molecule has 25 heavy (non-hydrogen) atoms. The minimum absolute atomic E-state index is 0. The number of amides is 2. The van der Waals surface area contributed by atoms with Crippen molar-refractivity contribution in [1.82, 2.24) is 9.80 Å². The van der Waals surface area contributed by atoms with Gasteiger partial charge in [0.25, 0.3) is 11.8 Å². The van der Waals surface area contributed by atoms with E-state index in [2.05, 4.69) is 0 Å². The summed E-state index contributed by atoms with van der Waals surface area (Å²) in [4.78, 5) is 28.6. The molecule has 0 spiro atoms. The molecule has 1 saturated heterocycles. The van der Waals surface area contributed by atoms with Gasteiger partial charge in [-0.2, -0.15) is 0 Å². The second-order valence-electron chi connectivity index (χ2n) is 6.08. The van der Waals surface area contributed by atoms with Crippen molar-refractivity contribution in [3.63, 3.8) is 0 Å². The molecule has 2 aromatic rings. The Morgan fingerprint density at radius 3 is 1.88 bits per heavy atom. The molecule has 0 aliphatic carbocycles. The van der Waals surface area contributed by atoms with Crippen molar-refractivity contribution in [2.24, 2.45) is 0 Å². The third kappa shape index (κ3) is 4.31. The van der Waals surface area contributed by atoms with Crippen LogP contribution in [0.3, 0.4) is 0 Å². The lowest BCUT2D eigenvalue weighted by atomic mass is 10.1. The normalized spacial score (nSPS) is 14.0. The molecule has 132 valence electrons. The highest BCUT2D eigenvalue weighted by Gasteiger charge is 2.25. The predicted octanol–water partition coefficient (Wildman–Crippen LogP) is 2.60. The average Bonchev–Trinajstić information content (AvgIpc) is 2.61. The number of nitrogens with zero attached hydrogens (tertiary/aromatic N) is 2. The second-order valence-corrected chi connectivity index (χ2v) is 6.08. The summed E-state index contributed by atoms with van der Waals surface area (Å²) in [6, 6.07) is 14.6. The Morgan fingerprint density at radius 2 is 1.36 bits per heavy atom. The molecule has 2 N–H and O–H groups in total. The molecule has 0 atom stereocenters. The molecule has 0 aromatic heterocycles. The first kappa shape index (κ1) is 18.8. The first-order valence-corrected chi connectivity index (χ1v) is 8.05. The first-order chi connectivity index (χ1) is 11.5. The van der Waals surface area contributed by atoms with E-state index >= 15 is 0 Å². The second kappa shape index (κ2) is 8.03. The third-order valence-corrected chi connectivity index (χ3v) is 4.29. The lowest BCUT2D eigenvalue weighted by molar-refractivity contribution is 0.0535. The summed E-state index contributed by atoms with van der Waals surface area (Å²) in [6.07, 6.45) is 0. The van der Waals surface area contributed by atoms with Crippen molar-refractivity contribution < 1.29 is 9.59 Å². The van der Waals surface area contributed by atoms with Gasteiger partial charge in [0, 0.05) is 43.0 Å². The van der Waals surface area contributed by atoms with Crippen LogP contribution in [-0.2, 0) is 0 Å². The summed E-state index contributed by atoms with van der Waals surface area (Å²) < 4.78 is 0. The van der Waals surface area contributed by atoms with Gasteiger partial charge >= 0.3 is 0 Å². The van der Waals surface area contributed by atoms with Crippen LogP contribution in [0.4, 0.5) is 5.69 Å². The number of nitrogens with two attached hydrogens (primary N) is 1. The monoisotopic (exact) mass is 359 g/mol. The molecule has 0 radical (unpaired) electrons. The van der Waals surface area contributed by atoms with Gasteiger partial charge in [-0.25, -0.2) is 0 Å². The van der Waals surface area contributed by atoms with Crippen molar-refractivity contribution in [3.8, 4) is 0 Å². The number of piperazine rings is 1. The number of hydrogen-bond donors (Lipinski definition) is 1. The molecule has 2 aromatic carbocycles. The predicted molar refractivity (Wildman–Crippen MR) is 101 cm³/mol. The van der Waals surface area contributed by atoms with E-state index in [-0.39, 0.29) is 24.2 Å². The highest BCUT2D eigenvalue weighted by atomic mass is 35.5. The fraction of sp³-hybridized carbons (Fsp3) is 0.263. The fourth-order valence-corrected chi connectivity index (χ4v) is 2.85. The van der Waals surface area contributed by atoms with Crippen LogP contribution in [0.2, 0.25) is 0 Å². The topological polar surface area (TPSA) is 66.6 Å². The van der Waals surface area contributed by atoms with E-state index in [4.69, 9.17) is 5.73 Å². The van der Waals surface area contributed by atoms with Crippen LogP contribution in [0.1, 0.15) is 26.3 Å². The van der Waals surface area contributed by atoms with Gasteiger partial charge in [0.2, 0.25) is 0 Å². The number of aryl methyl sites for hydroxylation is 1. The Morgan fingerprint density at radius 1 is 0.840 bits per heavy atom. The molecule has 3 rings (SSSR count). The van der Waals surface area contributed by atoms with Gasteiger partial charge in [0.15, 0.2) is 0 Å². The van der Waals surface area contributed by atoms with Gasteiger partial charge in [0.1, 0.15) is 0 Å². The van der Waals surface area contributed by atoms with E-state index in [0.29, 0.717) is 43.0 Å². The van der Waals surface area contributed by atoms with E-state index < -0.39 is 0 Å². The van der Waals surface area contributed by atoms with E-state index in [9.17, 15) is 9.59 Å². The van der Waals surface area contributed by atoms with E-state index in [0.717, 1.165) is 5.56 Å². The maximum atomic E-state index is 12.5. The van der Waals surface area contributed by atoms with Crippen LogP contribution in [0.25, 0.3) is 0 Å². The van der Waals surface area contributed by atoms with Gasteiger partial charge < -0.3 is 15.5 Å². The molecule has 2 amide bonds. The Bertz CT molecular complexity index is 754. The quantitative estimate of drug-likeness (QED) is 0.838. The number of benzene rings is 2. The summed E-state index contributed by atoms with van der Waals surface area (Å²) >= 11 is 0. The Balaban J connectivity index is 0.00000225. The van der Waals surface area contributed by atoms with Crippen LogP contribution in [0.15, 0.2) is 48.5 Å². The number of halogens is 1. The highest BCUT2D eigenvalue weighted by Crippen LogP contribution is 2.14.